The van der Waals surface area contributed by atoms with E-state index in [4.69, 9.17) is 16.7 Å². The molecule has 1 aromatic heterocycles. The maximum Gasteiger partial charge on any atom is 0.131 e. The van der Waals surface area contributed by atoms with Gasteiger partial charge in [0.25, 0.3) is 0 Å². The van der Waals surface area contributed by atoms with Crippen LogP contribution in [0.3, 0.4) is 0 Å². The summed E-state index contributed by atoms with van der Waals surface area (Å²) < 4.78 is 0. The highest BCUT2D eigenvalue weighted by molar-refractivity contribution is 6.29. The second kappa shape index (κ2) is 7.47. The molecule has 1 atom stereocenters. The molecule has 0 saturated heterocycles. The number of nitrogens with zero attached hydrogens (tertiary/aromatic N) is 1. The number of aliphatic hydroxyl groups excluding tert-OH is 1. The fourth-order valence-electron chi connectivity index (χ4n) is 1.69. The summed E-state index contributed by atoms with van der Waals surface area (Å²) in [5, 5.41) is 12.7. The lowest BCUT2D eigenvalue weighted by molar-refractivity contribution is 0.255. The molecule has 0 fully saturated rings. The molecule has 0 aliphatic heterocycles. The van der Waals surface area contributed by atoms with E-state index in [0.29, 0.717) is 11.1 Å². The van der Waals surface area contributed by atoms with Gasteiger partial charge in [-0.05, 0) is 30.9 Å². The zero-order valence-corrected chi connectivity index (χ0v) is 10.4. The van der Waals surface area contributed by atoms with Crippen molar-refractivity contribution in [1.29, 1.82) is 0 Å². The monoisotopic (exact) mass is 242 g/mol. The minimum absolute atomic E-state index is 0.245. The quantitative estimate of drug-likeness (QED) is 0.723. The number of hydrogen-bond donors (Lipinski definition) is 2. The number of aromatic nitrogens is 1. The Bertz CT molecular complexity index is 301. The highest BCUT2D eigenvalue weighted by Gasteiger charge is 2.07. The average molecular weight is 243 g/mol. The maximum absolute atomic E-state index is 8.94. The summed E-state index contributed by atoms with van der Waals surface area (Å²) in [6.45, 7) is 3.24. The fourth-order valence-corrected chi connectivity index (χ4v) is 1.86. The predicted molar refractivity (Wildman–Crippen MR) is 67.8 cm³/mol. The number of nitrogens with one attached hydrogen (secondary N) is 1. The molecule has 4 heteroatoms. The molecule has 0 spiro atoms. The van der Waals surface area contributed by atoms with Crippen LogP contribution in [0.25, 0.3) is 0 Å². The van der Waals surface area contributed by atoms with Gasteiger partial charge < -0.3 is 10.4 Å². The first-order chi connectivity index (χ1) is 7.76. The molecule has 0 bridgehead atoms. The van der Waals surface area contributed by atoms with Crippen LogP contribution in [0.4, 0.5) is 5.82 Å². The summed E-state index contributed by atoms with van der Waals surface area (Å²) in [6, 6.07) is 5.52. The zero-order valence-electron chi connectivity index (χ0n) is 9.62. The molecule has 90 valence electrons. The van der Waals surface area contributed by atoms with Crippen LogP contribution in [0.2, 0.25) is 5.15 Å². The summed E-state index contributed by atoms with van der Waals surface area (Å²) in [5.74, 6) is 1.29. The van der Waals surface area contributed by atoms with E-state index in [1.165, 1.54) is 0 Å². The lowest BCUT2D eigenvalue weighted by atomic mass is 10.0. The minimum Gasteiger partial charge on any atom is -0.396 e. The van der Waals surface area contributed by atoms with E-state index >= 15 is 0 Å². The molecule has 1 heterocycles. The molecule has 1 unspecified atom stereocenters. The van der Waals surface area contributed by atoms with Gasteiger partial charge in [0.05, 0.1) is 0 Å². The lowest BCUT2D eigenvalue weighted by Gasteiger charge is -2.15. The second-order valence-corrected chi connectivity index (χ2v) is 4.28. The fraction of sp³-hybridized carbons (Fsp3) is 0.583. The summed E-state index contributed by atoms with van der Waals surface area (Å²) in [6.07, 6.45) is 3.09. The normalized spacial score (nSPS) is 12.4. The van der Waals surface area contributed by atoms with E-state index in [1.807, 2.05) is 12.1 Å². The van der Waals surface area contributed by atoms with Crippen molar-refractivity contribution in [3.8, 4) is 0 Å². The standard InChI is InChI=1S/C12H19ClN2O/c1-2-4-10(7-8-16)9-14-12-6-3-5-11(13)15-12/h3,5-6,10,16H,2,4,7-9H2,1H3,(H,14,15). The van der Waals surface area contributed by atoms with Gasteiger partial charge in [-0.1, -0.05) is 31.0 Å². The molecular weight excluding hydrogens is 224 g/mol. The Balaban J connectivity index is 2.41. The van der Waals surface area contributed by atoms with Crippen molar-refractivity contribution in [3.05, 3.63) is 23.4 Å². The second-order valence-electron chi connectivity index (χ2n) is 3.89. The van der Waals surface area contributed by atoms with Crippen molar-refractivity contribution in [2.45, 2.75) is 26.2 Å². The largest absolute Gasteiger partial charge is 0.396 e. The minimum atomic E-state index is 0.245. The first kappa shape index (κ1) is 13.3. The van der Waals surface area contributed by atoms with Gasteiger partial charge in [0.15, 0.2) is 0 Å². The Morgan fingerprint density at radius 2 is 2.25 bits per heavy atom. The molecule has 0 aliphatic carbocycles. The van der Waals surface area contributed by atoms with Crippen LogP contribution in [0.15, 0.2) is 18.2 Å². The third kappa shape index (κ3) is 4.81. The molecule has 16 heavy (non-hydrogen) atoms. The van der Waals surface area contributed by atoms with Crippen molar-refractivity contribution in [2.24, 2.45) is 5.92 Å². The third-order valence-electron chi connectivity index (χ3n) is 2.52. The van der Waals surface area contributed by atoms with E-state index in [1.54, 1.807) is 6.07 Å². The SMILES string of the molecule is CCCC(CCO)CNc1cccc(Cl)n1. The Labute approximate surface area is 102 Å². The number of anilines is 1. The zero-order chi connectivity index (χ0) is 11.8. The molecule has 3 nitrogen and oxygen atoms in total. The van der Waals surface area contributed by atoms with E-state index < -0.39 is 0 Å². The molecule has 0 aromatic carbocycles. The van der Waals surface area contributed by atoms with Gasteiger partial charge in [0.2, 0.25) is 0 Å². The summed E-state index contributed by atoms with van der Waals surface area (Å²) in [7, 11) is 0. The molecular formula is C12H19ClN2O. The molecule has 0 radical (unpaired) electrons. The first-order valence-electron chi connectivity index (χ1n) is 5.73. The van der Waals surface area contributed by atoms with Crippen LogP contribution in [0.1, 0.15) is 26.2 Å². The van der Waals surface area contributed by atoms with E-state index in [0.717, 1.165) is 31.6 Å². The summed E-state index contributed by atoms with van der Waals surface area (Å²) in [5.41, 5.74) is 0. The van der Waals surface area contributed by atoms with Crippen LogP contribution in [0.5, 0.6) is 0 Å². The van der Waals surface area contributed by atoms with Crippen LogP contribution in [-0.4, -0.2) is 23.2 Å². The number of halogens is 1. The molecule has 1 aromatic rings. The molecule has 0 aliphatic rings. The number of rotatable bonds is 7. The Hall–Kier alpha value is -0.800. The van der Waals surface area contributed by atoms with Crippen molar-refractivity contribution in [2.75, 3.05) is 18.5 Å². The van der Waals surface area contributed by atoms with Crippen LogP contribution >= 0.6 is 11.6 Å². The molecule has 2 N–H and O–H groups in total. The van der Waals surface area contributed by atoms with E-state index in [-0.39, 0.29) is 6.61 Å². The van der Waals surface area contributed by atoms with Gasteiger partial charge in [-0.2, -0.15) is 0 Å². The van der Waals surface area contributed by atoms with Crippen molar-refractivity contribution in [1.82, 2.24) is 4.98 Å². The van der Waals surface area contributed by atoms with Gasteiger partial charge in [0.1, 0.15) is 11.0 Å². The molecule has 1 rings (SSSR count). The number of hydrogen-bond acceptors (Lipinski definition) is 3. The van der Waals surface area contributed by atoms with Gasteiger partial charge in [-0.25, -0.2) is 4.98 Å². The van der Waals surface area contributed by atoms with Crippen molar-refractivity contribution >= 4 is 17.4 Å². The topological polar surface area (TPSA) is 45.1 Å². The predicted octanol–water partition coefficient (Wildman–Crippen LogP) is 2.95. The van der Waals surface area contributed by atoms with Crippen LogP contribution < -0.4 is 5.32 Å². The first-order valence-corrected chi connectivity index (χ1v) is 6.11. The number of aliphatic hydroxyl groups is 1. The smallest absolute Gasteiger partial charge is 0.131 e. The number of pyridine rings is 1. The molecule has 0 saturated carbocycles. The van der Waals surface area contributed by atoms with Gasteiger partial charge >= 0.3 is 0 Å². The Morgan fingerprint density at radius 1 is 1.44 bits per heavy atom. The van der Waals surface area contributed by atoms with Gasteiger partial charge in [-0.15, -0.1) is 0 Å². The highest BCUT2D eigenvalue weighted by atomic mass is 35.5. The lowest BCUT2D eigenvalue weighted by Crippen LogP contribution is -2.16. The Morgan fingerprint density at radius 3 is 2.88 bits per heavy atom. The van der Waals surface area contributed by atoms with Crippen molar-refractivity contribution in [3.63, 3.8) is 0 Å². The van der Waals surface area contributed by atoms with Crippen molar-refractivity contribution < 1.29 is 5.11 Å². The van der Waals surface area contributed by atoms with Crippen LogP contribution in [0, 0.1) is 5.92 Å². The third-order valence-corrected chi connectivity index (χ3v) is 2.73. The van der Waals surface area contributed by atoms with E-state index in [2.05, 4.69) is 17.2 Å². The van der Waals surface area contributed by atoms with Gasteiger partial charge in [0, 0.05) is 13.2 Å². The Kier molecular flexibility index (Phi) is 6.19. The summed E-state index contributed by atoms with van der Waals surface area (Å²) in [4.78, 5) is 4.16. The van der Waals surface area contributed by atoms with Crippen LogP contribution in [-0.2, 0) is 0 Å². The maximum atomic E-state index is 8.94. The summed E-state index contributed by atoms with van der Waals surface area (Å²) >= 11 is 5.79. The highest BCUT2D eigenvalue weighted by Crippen LogP contribution is 2.14. The van der Waals surface area contributed by atoms with Gasteiger partial charge in [-0.3, -0.25) is 0 Å². The van der Waals surface area contributed by atoms with E-state index in [9.17, 15) is 0 Å². The molecule has 0 amide bonds. The average Bonchev–Trinajstić information content (AvgIpc) is 2.27.